The molecule has 1 aliphatic rings. The van der Waals surface area contributed by atoms with Crippen LogP contribution in [-0.4, -0.2) is 34.1 Å². The van der Waals surface area contributed by atoms with Crippen molar-refractivity contribution in [2.24, 2.45) is 0 Å². The van der Waals surface area contributed by atoms with Crippen molar-refractivity contribution >= 4 is 11.8 Å². The minimum atomic E-state index is -0.829. The lowest BCUT2D eigenvalue weighted by Gasteiger charge is -2.21. The van der Waals surface area contributed by atoms with Crippen molar-refractivity contribution in [2.45, 2.75) is 32.1 Å². The molecular weight excluding hydrogens is 218 g/mol. The number of hydrogen-bond donors (Lipinski definition) is 1. The van der Waals surface area contributed by atoms with Crippen molar-refractivity contribution < 1.29 is 9.90 Å². The number of anilines is 1. The number of hydrogen-bond acceptors (Lipinski definition) is 4. The molecule has 1 N–H and O–H groups in total. The van der Waals surface area contributed by atoms with Gasteiger partial charge >= 0.3 is 5.97 Å². The summed E-state index contributed by atoms with van der Waals surface area (Å²) in [4.78, 5) is 21.3. The highest BCUT2D eigenvalue weighted by Crippen LogP contribution is 2.38. The second-order valence-corrected chi connectivity index (χ2v) is 4.36. The average molecular weight is 235 g/mol. The third kappa shape index (κ3) is 3.15. The van der Waals surface area contributed by atoms with Crippen LogP contribution in [-0.2, 0) is 4.79 Å². The fourth-order valence-corrected chi connectivity index (χ4v) is 1.79. The number of nitrogens with zero attached hydrogens (tertiary/aromatic N) is 3. The first-order chi connectivity index (χ1) is 8.20. The van der Waals surface area contributed by atoms with Gasteiger partial charge < -0.3 is 10.0 Å². The average Bonchev–Trinajstić information content (AvgIpc) is 3.12. The number of carbonyl (C=O) groups is 1. The van der Waals surface area contributed by atoms with Gasteiger partial charge in [-0.15, -0.1) is 0 Å². The van der Waals surface area contributed by atoms with Gasteiger partial charge in [0.15, 0.2) is 0 Å². The summed E-state index contributed by atoms with van der Waals surface area (Å²) in [5.74, 6) is 1.24. The van der Waals surface area contributed by atoms with E-state index in [4.69, 9.17) is 5.11 Å². The smallest absolute Gasteiger partial charge is 0.323 e. The molecule has 1 aliphatic carbocycles. The van der Waals surface area contributed by atoms with Gasteiger partial charge in [-0.2, -0.15) is 0 Å². The van der Waals surface area contributed by atoms with E-state index in [1.54, 1.807) is 17.2 Å². The Kier molecular flexibility index (Phi) is 3.56. The maximum Gasteiger partial charge on any atom is 0.323 e. The summed E-state index contributed by atoms with van der Waals surface area (Å²) in [5.41, 5.74) is 0. The first-order valence-corrected chi connectivity index (χ1v) is 6.00. The maximum atomic E-state index is 10.8. The van der Waals surface area contributed by atoms with Gasteiger partial charge in [0.25, 0.3) is 0 Å². The van der Waals surface area contributed by atoms with Crippen LogP contribution in [0.25, 0.3) is 0 Å². The largest absolute Gasteiger partial charge is 0.480 e. The van der Waals surface area contributed by atoms with E-state index >= 15 is 0 Å². The molecule has 0 bridgehead atoms. The van der Waals surface area contributed by atoms with Crippen LogP contribution in [0.15, 0.2) is 12.3 Å². The van der Waals surface area contributed by atoms with Crippen molar-refractivity contribution in [1.82, 2.24) is 9.97 Å². The standard InChI is InChI=1S/C12H17N3O2/c1-2-7-15(8-11(16)17)10-5-6-13-12(14-10)9-3-4-9/h5-6,9H,2-4,7-8H2,1H3,(H,16,17). The Balaban J connectivity index is 2.15. The second kappa shape index (κ2) is 5.12. The zero-order chi connectivity index (χ0) is 12.3. The van der Waals surface area contributed by atoms with E-state index in [9.17, 15) is 4.79 Å². The molecule has 0 aliphatic heterocycles. The van der Waals surface area contributed by atoms with Crippen LogP contribution < -0.4 is 4.90 Å². The van der Waals surface area contributed by atoms with Crippen molar-refractivity contribution in [3.8, 4) is 0 Å². The first kappa shape index (κ1) is 11.8. The summed E-state index contributed by atoms with van der Waals surface area (Å²) in [6.07, 6.45) is 4.92. The molecule has 5 heteroatoms. The second-order valence-electron chi connectivity index (χ2n) is 4.36. The van der Waals surface area contributed by atoms with E-state index < -0.39 is 5.97 Å². The van der Waals surface area contributed by atoms with Crippen LogP contribution >= 0.6 is 0 Å². The minimum absolute atomic E-state index is 0.00500. The fourth-order valence-electron chi connectivity index (χ4n) is 1.79. The van der Waals surface area contributed by atoms with Crippen LogP contribution in [0, 0.1) is 0 Å². The van der Waals surface area contributed by atoms with Crippen molar-refractivity contribution in [3.63, 3.8) is 0 Å². The molecule has 1 aromatic heterocycles. The van der Waals surface area contributed by atoms with Crippen LogP contribution in [0.5, 0.6) is 0 Å². The molecule has 0 unspecified atom stereocenters. The van der Waals surface area contributed by atoms with Gasteiger partial charge in [-0.05, 0) is 25.3 Å². The van der Waals surface area contributed by atoms with Gasteiger partial charge in [0.1, 0.15) is 18.2 Å². The summed E-state index contributed by atoms with van der Waals surface area (Å²) in [5, 5.41) is 8.88. The lowest BCUT2D eigenvalue weighted by atomic mass is 10.3. The molecule has 17 heavy (non-hydrogen) atoms. The highest BCUT2D eigenvalue weighted by molar-refractivity contribution is 5.73. The van der Waals surface area contributed by atoms with E-state index in [-0.39, 0.29) is 6.54 Å². The number of aromatic nitrogens is 2. The minimum Gasteiger partial charge on any atom is -0.480 e. The topological polar surface area (TPSA) is 66.3 Å². The Morgan fingerprint density at radius 3 is 2.94 bits per heavy atom. The zero-order valence-corrected chi connectivity index (χ0v) is 9.96. The van der Waals surface area contributed by atoms with Crippen molar-refractivity contribution in [2.75, 3.05) is 18.0 Å². The van der Waals surface area contributed by atoms with Gasteiger partial charge in [-0.25, -0.2) is 9.97 Å². The number of carboxylic acid groups (broad SMARTS) is 1. The highest BCUT2D eigenvalue weighted by atomic mass is 16.4. The maximum absolute atomic E-state index is 10.8. The molecule has 0 atom stereocenters. The van der Waals surface area contributed by atoms with E-state index in [1.807, 2.05) is 6.92 Å². The summed E-state index contributed by atoms with van der Waals surface area (Å²) in [7, 11) is 0. The summed E-state index contributed by atoms with van der Waals surface area (Å²) < 4.78 is 0. The van der Waals surface area contributed by atoms with E-state index in [0.717, 1.165) is 30.9 Å². The number of carboxylic acids is 1. The van der Waals surface area contributed by atoms with Gasteiger partial charge in [0.05, 0.1) is 0 Å². The first-order valence-electron chi connectivity index (χ1n) is 6.00. The summed E-state index contributed by atoms with van der Waals surface area (Å²) >= 11 is 0. The van der Waals surface area contributed by atoms with Gasteiger partial charge in [-0.1, -0.05) is 6.92 Å². The normalized spacial score (nSPS) is 14.6. The van der Waals surface area contributed by atoms with Crippen molar-refractivity contribution in [1.29, 1.82) is 0 Å². The predicted octanol–water partition coefficient (Wildman–Crippen LogP) is 1.65. The third-order valence-electron chi connectivity index (χ3n) is 2.75. The van der Waals surface area contributed by atoms with Crippen LogP contribution in [0.4, 0.5) is 5.82 Å². The molecule has 1 heterocycles. The molecule has 0 radical (unpaired) electrons. The van der Waals surface area contributed by atoms with Crippen LogP contribution in [0.1, 0.15) is 37.9 Å². The molecular formula is C12H17N3O2. The molecule has 2 rings (SSSR count). The van der Waals surface area contributed by atoms with Gasteiger partial charge in [-0.3, -0.25) is 4.79 Å². The Morgan fingerprint density at radius 1 is 1.59 bits per heavy atom. The molecule has 1 fully saturated rings. The predicted molar refractivity (Wildman–Crippen MR) is 64.1 cm³/mol. The quantitative estimate of drug-likeness (QED) is 0.812. The molecule has 5 nitrogen and oxygen atoms in total. The summed E-state index contributed by atoms with van der Waals surface area (Å²) in [6.45, 7) is 2.72. The van der Waals surface area contributed by atoms with Crippen LogP contribution in [0.2, 0.25) is 0 Å². The zero-order valence-electron chi connectivity index (χ0n) is 9.96. The van der Waals surface area contributed by atoms with E-state index in [2.05, 4.69) is 9.97 Å². The van der Waals surface area contributed by atoms with Gasteiger partial charge in [0, 0.05) is 18.7 Å². The Morgan fingerprint density at radius 2 is 2.35 bits per heavy atom. The lowest BCUT2D eigenvalue weighted by molar-refractivity contribution is -0.135. The lowest BCUT2D eigenvalue weighted by Crippen LogP contribution is -2.31. The Labute approximate surface area is 100 Å². The molecule has 0 aromatic carbocycles. The molecule has 0 saturated heterocycles. The van der Waals surface area contributed by atoms with Gasteiger partial charge in [0.2, 0.25) is 0 Å². The Hall–Kier alpha value is -1.65. The number of aliphatic carboxylic acids is 1. The van der Waals surface area contributed by atoms with E-state index in [1.165, 1.54) is 0 Å². The third-order valence-corrected chi connectivity index (χ3v) is 2.75. The monoisotopic (exact) mass is 235 g/mol. The molecule has 0 spiro atoms. The summed E-state index contributed by atoms with van der Waals surface area (Å²) in [6, 6.07) is 1.78. The van der Waals surface area contributed by atoms with E-state index in [0.29, 0.717) is 12.5 Å². The molecule has 1 aromatic rings. The molecule has 92 valence electrons. The Bertz CT molecular complexity index is 404. The molecule has 1 saturated carbocycles. The SMILES string of the molecule is CCCN(CC(=O)O)c1ccnc(C2CC2)n1. The highest BCUT2D eigenvalue weighted by Gasteiger charge is 2.27. The molecule has 0 amide bonds. The van der Waals surface area contributed by atoms with Crippen molar-refractivity contribution in [3.05, 3.63) is 18.1 Å². The fraction of sp³-hybridized carbons (Fsp3) is 0.583. The number of rotatable bonds is 6. The van der Waals surface area contributed by atoms with Crippen LogP contribution in [0.3, 0.4) is 0 Å².